The summed E-state index contributed by atoms with van der Waals surface area (Å²) in [7, 11) is 0. The molecule has 0 saturated carbocycles. The highest BCUT2D eigenvalue weighted by Crippen LogP contribution is 2.24. The summed E-state index contributed by atoms with van der Waals surface area (Å²) in [4.78, 5) is 42.1. The Kier molecular flexibility index (Phi) is 4.93. The van der Waals surface area contributed by atoms with Crippen LogP contribution in [0, 0.1) is 16.4 Å². The van der Waals surface area contributed by atoms with E-state index in [9.17, 15) is 14.4 Å². The summed E-state index contributed by atoms with van der Waals surface area (Å²) >= 11 is 2.17. The van der Waals surface area contributed by atoms with E-state index in [1.54, 1.807) is 37.3 Å². The Hall–Kier alpha value is -2.55. The number of hydrogen-bond donors (Lipinski definition) is 1. The number of anilines is 1. The summed E-state index contributed by atoms with van der Waals surface area (Å²) in [6, 6.07) is 13.6. The zero-order valence-electron chi connectivity index (χ0n) is 13.3. The maximum atomic E-state index is 12.7. The second-order valence-corrected chi connectivity index (χ2v) is 6.73. The fraction of sp³-hybridized carbons (Fsp3) is 0.111. The van der Waals surface area contributed by atoms with Crippen LogP contribution in [0.5, 0.6) is 0 Å². The average Bonchev–Trinajstić information content (AvgIpc) is 2.57. The summed E-state index contributed by atoms with van der Waals surface area (Å²) in [5.74, 6) is -2.44. The van der Waals surface area contributed by atoms with Gasteiger partial charge in [0.15, 0.2) is 5.92 Å². The van der Waals surface area contributed by atoms with Crippen molar-refractivity contribution in [2.75, 3.05) is 4.90 Å². The number of aryl methyl sites for hydroxylation is 1. The van der Waals surface area contributed by atoms with Gasteiger partial charge in [-0.1, -0.05) is 18.2 Å². The first-order valence-corrected chi connectivity index (χ1v) is 8.59. The fourth-order valence-electron chi connectivity index (χ4n) is 2.45. The van der Waals surface area contributed by atoms with E-state index in [1.807, 2.05) is 18.2 Å². The predicted octanol–water partition coefficient (Wildman–Crippen LogP) is 3.20. The molecular formula is C18H14IN3O3. The van der Waals surface area contributed by atoms with Crippen LogP contribution in [0.4, 0.5) is 16.2 Å². The first kappa shape index (κ1) is 17.3. The Labute approximate surface area is 158 Å². The minimum Gasteiger partial charge on any atom is -0.276 e. The largest absolute Gasteiger partial charge is 0.335 e. The number of nitrogens with zero attached hydrogens (tertiary/aromatic N) is 2. The molecule has 7 heteroatoms. The van der Waals surface area contributed by atoms with E-state index in [0.717, 1.165) is 14.0 Å². The van der Waals surface area contributed by atoms with Crippen LogP contribution in [0.25, 0.3) is 0 Å². The van der Waals surface area contributed by atoms with Gasteiger partial charge in [0.05, 0.1) is 11.4 Å². The van der Waals surface area contributed by atoms with Crippen LogP contribution < -0.4 is 10.2 Å². The smallest absolute Gasteiger partial charge is 0.276 e. The normalized spacial score (nSPS) is 17.9. The molecule has 0 unspecified atom stereocenters. The molecule has 1 aliphatic rings. The average molecular weight is 447 g/mol. The van der Waals surface area contributed by atoms with Crippen molar-refractivity contribution in [3.63, 3.8) is 0 Å². The molecule has 1 atom stereocenters. The Morgan fingerprint density at radius 2 is 1.76 bits per heavy atom. The van der Waals surface area contributed by atoms with E-state index < -0.39 is 23.8 Å². The van der Waals surface area contributed by atoms with Crippen molar-refractivity contribution >= 4 is 58.0 Å². The van der Waals surface area contributed by atoms with Crippen LogP contribution in [0.2, 0.25) is 0 Å². The van der Waals surface area contributed by atoms with Gasteiger partial charge in [0.2, 0.25) is 5.91 Å². The molecule has 1 heterocycles. The summed E-state index contributed by atoms with van der Waals surface area (Å²) in [5.41, 5.74) is 1.83. The lowest BCUT2D eigenvalue weighted by atomic mass is 10.0. The van der Waals surface area contributed by atoms with Gasteiger partial charge in [0.25, 0.3) is 5.91 Å². The van der Waals surface area contributed by atoms with Gasteiger partial charge in [-0.05, 0) is 65.4 Å². The van der Waals surface area contributed by atoms with Crippen LogP contribution in [0.1, 0.15) is 5.56 Å². The number of hydrogen-bond acceptors (Lipinski definition) is 4. The molecule has 4 amide bonds. The Morgan fingerprint density at radius 1 is 1.08 bits per heavy atom. The number of urea groups is 1. The van der Waals surface area contributed by atoms with Gasteiger partial charge in [-0.3, -0.25) is 19.9 Å². The minimum atomic E-state index is -1.16. The van der Waals surface area contributed by atoms with E-state index in [1.165, 1.54) is 6.21 Å². The molecule has 0 aromatic heterocycles. The van der Waals surface area contributed by atoms with Gasteiger partial charge < -0.3 is 0 Å². The molecule has 1 N–H and O–H groups in total. The second-order valence-electron chi connectivity index (χ2n) is 5.49. The molecule has 2 aromatic carbocycles. The van der Waals surface area contributed by atoms with E-state index in [0.29, 0.717) is 11.4 Å². The highest BCUT2D eigenvalue weighted by Gasteiger charge is 2.40. The SMILES string of the molecule is Cc1ccccc1N1C(=O)NC(=O)[C@H](C=Nc2ccc(I)cc2)C1=O. The van der Waals surface area contributed by atoms with Gasteiger partial charge in [0.1, 0.15) is 0 Å². The Bertz CT molecular complexity index is 877. The van der Waals surface area contributed by atoms with E-state index in [4.69, 9.17) is 0 Å². The van der Waals surface area contributed by atoms with Crippen molar-refractivity contribution in [1.29, 1.82) is 0 Å². The van der Waals surface area contributed by atoms with Crippen molar-refractivity contribution in [2.24, 2.45) is 10.9 Å². The number of imide groups is 2. The molecule has 6 nitrogen and oxygen atoms in total. The lowest BCUT2D eigenvalue weighted by Gasteiger charge is -2.29. The van der Waals surface area contributed by atoms with Crippen molar-refractivity contribution in [1.82, 2.24) is 5.32 Å². The predicted molar refractivity (Wildman–Crippen MR) is 103 cm³/mol. The van der Waals surface area contributed by atoms with Gasteiger partial charge in [-0.25, -0.2) is 9.69 Å². The highest BCUT2D eigenvalue weighted by atomic mass is 127. The summed E-state index contributed by atoms with van der Waals surface area (Å²) in [5, 5.41) is 2.22. The quantitative estimate of drug-likeness (QED) is 0.446. The number of carbonyl (C=O) groups is 3. The molecule has 25 heavy (non-hydrogen) atoms. The summed E-state index contributed by atoms with van der Waals surface area (Å²) in [6.45, 7) is 1.79. The van der Waals surface area contributed by atoms with Crippen LogP contribution >= 0.6 is 22.6 Å². The third-order valence-corrected chi connectivity index (χ3v) is 4.48. The molecule has 1 saturated heterocycles. The van der Waals surface area contributed by atoms with Gasteiger partial charge in [0, 0.05) is 9.78 Å². The number of benzene rings is 2. The molecule has 1 aliphatic heterocycles. The van der Waals surface area contributed by atoms with Gasteiger partial charge in [-0.2, -0.15) is 0 Å². The zero-order chi connectivity index (χ0) is 18.0. The zero-order valence-corrected chi connectivity index (χ0v) is 15.4. The van der Waals surface area contributed by atoms with Crippen LogP contribution in [0.15, 0.2) is 53.5 Å². The molecule has 0 radical (unpaired) electrons. The highest BCUT2D eigenvalue weighted by molar-refractivity contribution is 14.1. The number of amides is 4. The minimum absolute atomic E-state index is 0.449. The molecule has 1 fully saturated rings. The standard InChI is InChI=1S/C18H14IN3O3/c1-11-4-2-3-5-15(11)22-17(24)14(16(23)21-18(22)25)10-20-13-8-6-12(19)7-9-13/h2-10,14H,1H3,(H,21,23,25)/t14-/m0/s1. The third-order valence-electron chi connectivity index (χ3n) is 3.76. The van der Waals surface area contributed by atoms with Crippen LogP contribution in [-0.4, -0.2) is 24.1 Å². The summed E-state index contributed by atoms with van der Waals surface area (Å²) in [6.07, 6.45) is 1.28. The van der Waals surface area contributed by atoms with Gasteiger partial charge in [-0.15, -0.1) is 0 Å². The van der Waals surface area contributed by atoms with Crippen LogP contribution in [-0.2, 0) is 9.59 Å². The lowest BCUT2D eigenvalue weighted by Crippen LogP contribution is -2.58. The number of halogens is 1. The fourth-order valence-corrected chi connectivity index (χ4v) is 2.81. The van der Waals surface area contributed by atoms with E-state index >= 15 is 0 Å². The van der Waals surface area contributed by atoms with Crippen LogP contribution in [0.3, 0.4) is 0 Å². The Morgan fingerprint density at radius 3 is 2.44 bits per heavy atom. The Balaban J connectivity index is 1.90. The topological polar surface area (TPSA) is 78.8 Å². The van der Waals surface area contributed by atoms with E-state index in [2.05, 4.69) is 32.9 Å². The van der Waals surface area contributed by atoms with E-state index in [-0.39, 0.29) is 0 Å². The monoisotopic (exact) mass is 447 g/mol. The first-order chi connectivity index (χ1) is 12.0. The number of para-hydroxylation sites is 1. The first-order valence-electron chi connectivity index (χ1n) is 7.51. The summed E-state index contributed by atoms with van der Waals surface area (Å²) < 4.78 is 1.05. The van der Waals surface area contributed by atoms with Gasteiger partial charge >= 0.3 is 6.03 Å². The number of carbonyl (C=O) groups excluding carboxylic acids is 3. The number of nitrogens with one attached hydrogen (secondary N) is 1. The van der Waals surface area contributed by atoms with Crippen molar-refractivity contribution < 1.29 is 14.4 Å². The van der Waals surface area contributed by atoms with Crippen molar-refractivity contribution in [3.8, 4) is 0 Å². The lowest BCUT2D eigenvalue weighted by molar-refractivity contribution is -0.131. The molecule has 2 aromatic rings. The molecule has 126 valence electrons. The van der Waals surface area contributed by atoms with Crippen molar-refractivity contribution in [3.05, 3.63) is 57.7 Å². The number of barbiturate groups is 1. The molecule has 0 spiro atoms. The number of rotatable bonds is 3. The third kappa shape index (κ3) is 3.60. The molecule has 3 rings (SSSR count). The maximum absolute atomic E-state index is 12.7. The maximum Gasteiger partial charge on any atom is 0.335 e. The number of aliphatic imine (C=N–C) groups is 1. The molecule has 0 aliphatic carbocycles. The second kappa shape index (κ2) is 7.14. The molecule has 0 bridgehead atoms. The molecular weight excluding hydrogens is 433 g/mol. The van der Waals surface area contributed by atoms with Crippen molar-refractivity contribution in [2.45, 2.75) is 6.92 Å².